The summed E-state index contributed by atoms with van der Waals surface area (Å²) in [6, 6.07) is 16.1. The predicted octanol–water partition coefficient (Wildman–Crippen LogP) is 8.90. The largest absolute Gasteiger partial charge is 0.396 e. The Hall–Kier alpha value is -4.81. The lowest BCUT2D eigenvalue weighted by atomic mass is 10.0. The second-order valence-electron chi connectivity index (χ2n) is 7.43. The molecule has 0 amide bonds. The molecule has 4 rings (SSSR count). The summed E-state index contributed by atoms with van der Waals surface area (Å²) in [4.78, 5) is 6.62. The monoisotopic (exact) mass is 592 g/mol. The number of hydrogen-bond donors (Lipinski definition) is 1. The molecule has 0 fully saturated rings. The fourth-order valence-corrected chi connectivity index (χ4v) is 6.46. The van der Waals surface area contributed by atoms with Crippen LogP contribution in [0.2, 0.25) is 0 Å². The molecule has 2 N–H and O–H groups in total. The van der Waals surface area contributed by atoms with Crippen molar-refractivity contribution in [2.24, 2.45) is 0 Å². The molecule has 7 heteroatoms. The maximum absolute atomic E-state index is 12.6. The molecule has 1 unspecified atom stereocenters. The molecule has 0 saturated carbocycles. The van der Waals surface area contributed by atoms with Crippen molar-refractivity contribution in [1.82, 2.24) is 4.98 Å². The topological polar surface area (TPSA) is 56.0 Å². The van der Waals surface area contributed by atoms with Gasteiger partial charge in [-0.15, -0.1) is 22.7 Å². The molecule has 202 valence electrons. The zero-order valence-corrected chi connectivity index (χ0v) is 24.6. The summed E-state index contributed by atoms with van der Waals surface area (Å²) in [5.41, 5.74) is 33.9. The van der Waals surface area contributed by atoms with Crippen LogP contribution in [-0.2, 0) is 10.8 Å². The van der Waals surface area contributed by atoms with Gasteiger partial charge in [0.1, 0.15) is 9.04 Å². The van der Waals surface area contributed by atoms with Gasteiger partial charge in [0.2, 0.25) is 0 Å². The predicted molar refractivity (Wildman–Crippen MR) is 172 cm³/mol. The maximum Gasteiger partial charge on any atom is 0.127 e. The number of pyridine rings is 1. The number of hydrogen-bond acceptors (Lipinski definition) is 5. The average molecular weight is 593 g/mol. The van der Waals surface area contributed by atoms with E-state index >= 15 is 0 Å². The van der Waals surface area contributed by atoms with Crippen LogP contribution in [0, 0.1) is 0 Å². The number of fused-ring (bicyclic) bond motifs is 1. The number of benzene rings is 1. The molecule has 3 heterocycles. The van der Waals surface area contributed by atoms with Crippen molar-refractivity contribution >= 4 is 49.4 Å². The Morgan fingerprint density at radius 3 is 2.05 bits per heavy atom. The van der Waals surface area contributed by atoms with Gasteiger partial charge in [0, 0.05) is 11.1 Å². The molecule has 1 atom stereocenters. The summed E-state index contributed by atoms with van der Waals surface area (Å²) in [5.74, 6) is 0.270. The van der Waals surface area contributed by atoms with Gasteiger partial charge in [-0.05, 0) is 95.8 Å². The second-order valence-corrected chi connectivity index (χ2v) is 11.1. The number of nitrogens with two attached hydrogens (primary N) is 1. The van der Waals surface area contributed by atoms with Gasteiger partial charge in [-0.2, -0.15) is 0 Å². The van der Waals surface area contributed by atoms with Crippen molar-refractivity contribution in [1.29, 1.82) is 0 Å². The Labute approximate surface area is 250 Å². The zero-order chi connectivity index (χ0) is 29.9. The van der Waals surface area contributed by atoms with Crippen molar-refractivity contribution in [3.63, 3.8) is 0 Å². The van der Waals surface area contributed by atoms with Gasteiger partial charge in [-0.25, -0.2) is 4.98 Å². The number of nitrogens with zero attached hydrogens (tertiary/aromatic N) is 1. The molecule has 0 saturated heterocycles. The van der Waals surface area contributed by atoms with Gasteiger partial charge in [0.15, 0.2) is 0 Å². The number of nitrogen functional groups attached to an aromatic ring is 1. The lowest BCUT2D eigenvalue weighted by Gasteiger charge is -2.08. The van der Waals surface area contributed by atoms with Crippen LogP contribution in [0.1, 0.15) is 6.42 Å². The molecule has 0 aliphatic carbocycles. The summed E-state index contributed by atoms with van der Waals surface area (Å²) < 4.78 is 25.7. The molecule has 3 aromatic heterocycles. The number of alkyl halides is 1. The number of thiophene rings is 2. The Morgan fingerprint density at radius 1 is 0.878 bits per heavy atom. The minimum absolute atomic E-state index is 0.264. The summed E-state index contributed by atoms with van der Waals surface area (Å²) in [6.45, 7) is 12.4. The van der Waals surface area contributed by atoms with E-state index in [-0.39, 0.29) is 12.2 Å². The minimum atomic E-state index is -1.32. The number of aromatic nitrogens is 1. The SMILES string of the molecule is C=C=C=C.C=C=C=C=C=C=C=C=C=C.Nc1c(S(=O)CCCF)sc2nc(-c3cccs3)cc(-c3ccccc3)c12. The highest BCUT2D eigenvalue weighted by molar-refractivity contribution is 7.87. The lowest BCUT2D eigenvalue weighted by molar-refractivity contribution is 0.488. The highest BCUT2D eigenvalue weighted by Crippen LogP contribution is 2.43. The van der Waals surface area contributed by atoms with E-state index in [1.54, 1.807) is 11.3 Å². The molecule has 1 aromatic carbocycles. The van der Waals surface area contributed by atoms with Crippen LogP contribution in [0.15, 0.2) is 142 Å². The molecule has 3 nitrogen and oxygen atoms in total. The average Bonchev–Trinajstić information content (AvgIpc) is 3.67. The lowest BCUT2D eigenvalue weighted by Crippen LogP contribution is -2.00. The quantitative estimate of drug-likeness (QED) is 0.228. The highest BCUT2D eigenvalue weighted by atomic mass is 32.2. The standard InChI is InChI=1S/C20H17FN2OS3.C10H4.C4H4/c21-9-5-11-27(24)20-18(22)17-14(13-6-2-1-3-7-13)12-15(23-19(17)26-20)16-8-4-10-25-16;1-3-5-7-9-10-8-6-4-2;1-3-4-2/h1-4,6-8,10,12H,5,9,11,22H2;1-2H2;1-2H2. The van der Waals surface area contributed by atoms with Crippen molar-refractivity contribution in [3.8, 4) is 21.7 Å². The van der Waals surface area contributed by atoms with Crippen LogP contribution in [-0.4, -0.2) is 21.6 Å². The number of anilines is 1. The molecular weight excluding hydrogens is 568 g/mol. The third kappa shape index (κ3) is 10.0. The van der Waals surface area contributed by atoms with E-state index in [1.807, 2.05) is 53.9 Å². The van der Waals surface area contributed by atoms with Crippen LogP contribution in [0.25, 0.3) is 31.9 Å². The molecule has 0 aliphatic rings. The molecule has 41 heavy (non-hydrogen) atoms. The van der Waals surface area contributed by atoms with E-state index in [1.165, 1.54) is 11.3 Å². The Kier molecular flexibility index (Phi) is 14.6. The van der Waals surface area contributed by atoms with Crippen molar-refractivity contribution < 1.29 is 8.60 Å². The van der Waals surface area contributed by atoms with Crippen LogP contribution in [0.4, 0.5) is 10.1 Å². The van der Waals surface area contributed by atoms with Gasteiger partial charge in [0.25, 0.3) is 0 Å². The van der Waals surface area contributed by atoms with Crippen LogP contribution < -0.4 is 5.73 Å². The molecular formula is C34H25FN2OS3. The number of rotatable bonds is 6. The second kappa shape index (κ2) is 18.5. The van der Waals surface area contributed by atoms with Gasteiger partial charge < -0.3 is 5.73 Å². The molecule has 0 aliphatic heterocycles. The summed E-state index contributed by atoms with van der Waals surface area (Å²) >= 11 is 2.97. The van der Waals surface area contributed by atoms with Gasteiger partial charge in [-0.3, -0.25) is 8.60 Å². The van der Waals surface area contributed by atoms with E-state index in [0.717, 1.165) is 31.9 Å². The first-order valence-electron chi connectivity index (χ1n) is 11.9. The smallest absolute Gasteiger partial charge is 0.127 e. The van der Waals surface area contributed by atoms with E-state index < -0.39 is 17.5 Å². The third-order valence-corrected chi connectivity index (χ3v) is 8.69. The van der Waals surface area contributed by atoms with E-state index in [4.69, 9.17) is 10.7 Å². The molecule has 0 radical (unpaired) electrons. The Morgan fingerprint density at radius 2 is 1.51 bits per heavy atom. The first-order valence-corrected chi connectivity index (χ1v) is 14.9. The van der Waals surface area contributed by atoms with Gasteiger partial charge in [0.05, 0.1) is 33.7 Å². The fraction of sp³-hybridized carbons (Fsp3) is 0.0882. The first kappa shape index (κ1) is 32.4. The van der Waals surface area contributed by atoms with Crippen molar-refractivity contribution in [3.05, 3.63) is 138 Å². The van der Waals surface area contributed by atoms with Crippen LogP contribution in [0.5, 0.6) is 0 Å². The van der Waals surface area contributed by atoms with E-state index in [0.29, 0.717) is 9.90 Å². The Balaban J connectivity index is 0.000000352. The van der Waals surface area contributed by atoms with Crippen molar-refractivity contribution in [2.45, 2.75) is 10.6 Å². The number of halogens is 1. The van der Waals surface area contributed by atoms with Crippen LogP contribution in [0.3, 0.4) is 0 Å². The summed E-state index contributed by atoms with van der Waals surface area (Å²) in [7, 11) is -1.32. The van der Waals surface area contributed by atoms with Crippen LogP contribution >= 0.6 is 22.7 Å². The van der Waals surface area contributed by atoms with Gasteiger partial charge in [-0.1, -0.05) is 59.3 Å². The molecule has 0 spiro atoms. The summed E-state index contributed by atoms with van der Waals surface area (Å²) in [6.07, 6.45) is 0.264. The van der Waals surface area contributed by atoms with Gasteiger partial charge >= 0.3 is 0 Å². The van der Waals surface area contributed by atoms with Crippen molar-refractivity contribution in [2.75, 3.05) is 18.2 Å². The normalized spacial score (nSPS) is 9.39. The molecule has 0 bridgehead atoms. The fourth-order valence-electron chi connectivity index (χ4n) is 3.16. The zero-order valence-electron chi connectivity index (χ0n) is 22.2. The maximum atomic E-state index is 12.6. The van der Waals surface area contributed by atoms with E-state index in [9.17, 15) is 8.60 Å². The first-order chi connectivity index (χ1) is 20.0. The minimum Gasteiger partial charge on any atom is -0.396 e. The third-order valence-electron chi connectivity index (χ3n) is 4.81. The summed E-state index contributed by atoms with van der Waals surface area (Å²) in [5, 5.41) is 2.85. The highest BCUT2D eigenvalue weighted by Gasteiger charge is 2.21. The Bertz CT molecular complexity index is 1830. The molecule has 4 aromatic rings. The van der Waals surface area contributed by atoms with E-state index in [2.05, 4.69) is 83.6 Å².